The number of rotatable bonds is 5. The summed E-state index contributed by atoms with van der Waals surface area (Å²) in [5.41, 5.74) is 4.35. The van der Waals surface area contributed by atoms with Crippen LogP contribution in [0.2, 0.25) is 0 Å². The molecule has 0 saturated carbocycles. The van der Waals surface area contributed by atoms with Crippen molar-refractivity contribution in [2.45, 2.75) is 18.3 Å². The van der Waals surface area contributed by atoms with Crippen molar-refractivity contribution in [1.29, 1.82) is 0 Å². The van der Waals surface area contributed by atoms with Crippen LogP contribution in [0.3, 0.4) is 0 Å². The first-order chi connectivity index (χ1) is 12.8. The van der Waals surface area contributed by atoms with Crippen molar-refractivity contribution in [1.82, 2.24) is 5.32 Å². The molecule has 0 spiro atoms. The van der Waals surface area contributed by atoms with E-state index in [1.807, 2.05) is 24.3 Å². The Morgan fingerprint density at radius 2 is 1.69 bits per heavy atom. The minimum Gasteiger partial charge on any atom is -0.381 e. The normalized spacial score (nSPS) is 16.3. The molecular weight excluding hydrogens is 362 g/mol. The van der Waals surface area contributed by atoms with Gasteiger partial charge in [-0.3, -0.25) is 4.79 Å². The van der Waals surface area contributed by atoms with Crippen molar-refractivity contribution in [2.75, 3.05) is 19.8 Å². The number of thiophene rings is 2. The predicted molar refractivity (Wildman–Crippen MR) is 108 cm³/mol. The number of amides is 1. The van der Waals surface area contributed by atoms with Gasteiger partial charge in [0.15, 0.2) is 0 Å². The topological polar surface area (TPSA) is 38.3 Å². The van der Waals surface area contributed by atoms with Gasteiger partial charge in [0.2, 0.25) is 0 Å². The Morgan fingerprint density at radius 3 is 2.35 bits per heavy atom. The molecule has 1 aliphatic heterocycles. The second-order valence-electron chi connectivity index (χ2n) is 6.68. The lowest BCUT2D eigenvalue weighted by molar-refractivity contribution is 0.0488. The van der Waals surface area contributed by atoms with E-state index >= 15 is 0 Å². The highest BCUT2D eigenvalue weighted by atomic mass is 32.1. The number of nitrogens with one attached hydrogen (secondary N) is 1. The maximum Gasteiger partial charge on any atom is 0.251 e. The second kappa shape index (κ2) is 7.74. The summed E-state index contributed by atoms with van der Waals surface area (Å²) in [7, 11) is 0. The third-order valence-electron chi connectivity index (χ3n) is 5.17. The van der Waals surface area contributed by atoms with Crippen LogP contribution >= 0.6 is 22.7 Å². The van der Waals surface area contributed by atoms with Crippen LogP contribution in [0, 0.1) is 0 Å². The van der Waals surface area contributed by atoms with Crippen molar-refractivity contribution in [2.24, 2.45) is 0 Å². The first-order valence-electron chi connectivity index (χ1n) is 8.78. The van der Waals surface area contributed by atoms with Crippen LogP contribution in [0.5, 0.6) is 0 Å². The average molecular weight is 384 g/mol. The van der Waals surface area contributed by atoms with E-state index in [9.17, 15) is 4.79 Å². The third-order valence-corrected chi connectivity index (χ3v) is 6.54. The number of carbonyl (C=O) groups excluding carboxylic acids is 1. The summed E-state index contributed by atoms with van der Waals surface area (Å²) >= 11 is 3.39. The van der Waals surface area contributed by atoms with Crippen molar-refractivity contribution < 1.29 is 9.53 Å². The molecule has 1 N–H and O–H groups in total. The maximum absolute atomic E-state index is 12.7. The summed E-state index contributed by atoms with van der Waals surface area (Å²) in [6.45, 7) is 2.15. The predicted octanol–water partition coefficient (Wildman–Crippen LogP) is 4.95. The molecule has 4 rings (SSSR count). The Labute approximate surface area is 161 Å². The van der Waals surface area contributed by atoms with Gasteiger partial charge in [0.25, 0.3) is 5.91 Å². The number of hydrogen-bond donors (Lipinski definition) is 1. The lowest BCUT2D eigenvalue weighted by Gasteiger charge is -2.37. The lowest BCUT2D eigenvalue weighted by atomic mass is 9.75. The van der Waals surface area contributed by atoms with Crippen molar-refractivity contribution in [3.05, 3.63) is 69.0 Å². The van der Waals surface area contributed by atoms with Crippen LogP contribution in [0.4, 0.5) is 0 Å². The van der Waals surface area contributed by atoms with Crippen molar-refractivity contribution >= 4 is 28.6 Å². The Kier molecular flexibility index (Phi) is 5.20. The molecule has 2 aromatic heterocycles. The molecule has 5 heteroatoms. The zero-order valence-electron chi connectivity index (χ0n) is 14.4. The summed E-state index contributed by atoms with van der Waals surface area (Å²) in [4.78, 5) is 12.7. The smallest absolute Gasteiger partial charge is 0.251 e. The second-order valence-corrected chi connectivity index (χ2v) is 8.24. The van der Waals surface area contributed by atoms with Crippen LogP contribution < -0.4 is 5.32 Å². The van der Waals surface area contributed by atoms with Gasteiger partial charge < -0.3 is 10.1 Å². The van der Waals surface area contributed by atoms with Gasteiger partial charge in [0, 0.05) is 30.7 Å². The number of carbonyl (C=O) groups is 1. The van der Waals surface area contributed by atoms with Gasteiger partial charge in [-0.15, -0.1) is 0 Å². The summed E-state index contributed by atoms with van der Waals surface area (Å²) < 4.78 is 5.55. The average Bonchev–Trinajstić information content (AvgIpc) is 3.41. The third kappa shape index (κ3) is 3.61. The molecule has 1 saturated heterocycles. The molecule has 3 nitrogen and oxygen atoms in total. The van der Waals surface area contributed by atoms with Gasteiger partial charge in [0.1, 0.15) is 0 Å². The number of ether oxygens (including phenoxy) is 1. The summed E-state index contributed by atoms with van der Waals surface area (Å²) in [6.07, 6.45) is 1.89. The molecule has 0 radical (unpaired) electrons. The van der Waals surface area contributed by atoms with Crippen molar-refractivity contribution in [3.8, 4) is 11.1 Å². The zero-order chi connectivity index (χ0) is 17.8. The molecule has 1 amide bonds. The molecule has 0 atom stereocenters. The molecular formula is C21H21NO2S2. The molecule has 3 aromatic rings. The Morgan fingerprint density at radius 1 is 0.962 bits per heavy atom. The lowest BCUT2D eigenvalue weighted by Crippen LogP contribution is -2.44. The van der Waals surface area contributed by atoms with Gasteiger partial charge in [-0.05, 0) is 75.3 Å². The van der Waals surface area contributed by atoms with Gasteiger partial charge in [0.05, 0.1) is 0 Å². The zero-order valence-corrected chi connectivity index (χ0v) is 16.1. The van der Waals surface area contributed by atoms with Gasteiger partial charge in [-0.2, -0.15) is 22.7 Å². The quantitative estimate of drug-likeness (QED) is 0.677. The number of benzene rings is 1. The fraction of sp³-hybridized carbons (Fsp3) is 0.286. The highest BCUT2D eigenvalue weighted by Gasteiger charge is 2.35. The van der Waals surface area contributed by atoms with Crippen LogP contribution in [-0.2, 0) is 10.2 Å². The van der Waals surface area contributed by atoms with E-state index in [2.05, 4.69) is 39.0 Å². The highest BCUT2D eigenvalue weighted by molar-refractivity contribution is 7.08. The fourth-order valence-corrected chi connectivity index (χ4v) is 4.93. The molecule has 1 aliphatic rings. The van der Waals surface area contributed by atoms with E-state index in [1.165, 1.54) is 11.1 Å². The number of hydrogen-bond acceptors (Lipinski definition) is 4. The van der Waals surface area contributed by atoms with E-state index in [1.54, 1.807) is 22.7 Å². The molecule has 134 valence electrons. The molecule has 0 aliphatic carbocycles. The van der Waals surface area contributed by atoms with E-state index < -0.39 is 0 Å². The van der Waals surface area contributed by atoms with Crippen LogP contribution in [-0.4, -0.2) is 25.7 Å². The summed E-state index contributed by atoms with van der Waals surface area (Å²) in [5.74, 6) is -0.0111. The molecule has 1 aromatic carbocycles. The molecule has 1 fully saturated rings. The SMILES string of the molecule is O=C(NCC1(c2ccsc2)CCOCC1)c1ccc(-c2ccsc2)cc1. The summed E-state index contributed by atoms with van der Waals surface area (Å²) in [5, 5.41) is 11.7. The van der Waals surface area contributed by atoms with Gasteiger partial charge in [-0.25, -0.2) is 0 Å². The Bertz CT molecular complexity index is 833. The fourth-order valence-electron chi connectivity index (χ4n) is 3.49. The molecule has 3 heterocycles. The standard InChI is InChI=1S/C21H21NO2S2/c23-20(17-3-1-16(2-4-17)18-5-11-25-13-18)22-15-21(7-9-24-10-8-21)19-6-12-26-14-19/h1-6,11-14H,7-10,15H2,(H,22,23). The van der Waals surface area contributed by atoms with E-state index in [0.717, 1.165) is 31.6 Å². The van der Waals surface area contributed by atoms with E-state index in [4.69, 9.17) is 4.74 Å². The first-order valence-corrected chi connectivity index (χ1v) is 10.7. The van der Waals surface area contributed by atoms with Crippen molar-refractivity contribution in [3.63, 3.8) is 0 Å². The summed E-state index contributed by atoms with van der Waals surface area (Å²) in [6, 6.07) is 12.1. The molecule has 0 unspecified atom stereocenters. The van der Waals surface area contributed by atoms with E-state index in [-0.39, 0.29) is 11.3 Å². The van der Waals surface area contributed by atoms with Crippen LogP contribution in [0.1, 0.15) is 28.8 Å². The van der Waals surface area contributed by atoms with Gasteiger partial charge in [-0.1, -0.05) is 12.1 Å². The first kappa shape index (κ1) is 17.5. The minimum absolute atomic E-state index is 0.00940. The van der Waals surface area contributed by atoms with Crippen LogP contribution in [0.25, 0.3) is 11.1 Å². The molecule has 26 heavy (non-hydrogen) atoms. The van der Waals surface area contributed by atoms with Crippen LogP contribution in [0.15, 0.2) is 57.9 Å². The maximum atomic E-state index is 12.7. The highest BCUT2D eigenvalue weighted by Crippen LogP contribution is 2.35. The Hall–Kier alpha value is -1.95. The Balaban J connectivity index is 1.45. The van der Waals surface area contributed by atoms with Gasteiger partial charge >= 0.3 is 0 Å². The largest absolute Gasteiger partial charge is 0.381 e. The minimum atomic E-state index is -0.0111. The monoisotopic (exact) mass is 383 g/mol. The van der Waals surface area contributed by atoms with E-state index in [0.29, 0.717) is 12.1 Å². The molecule has 0 bridgehead atoms.